The van der Waals surface area contributed by atoms with Crippen LogP contribution in [0.3, 0.4) is 0 Å². The Balaban J connectivity index is 1.73. The molecule has 0 saturated carbocycles. The third kappa shape index (κ3) is 2.69. The van der Waals surface area contributed by atoms with Gasteiger partial charge in [-0.05, 0) is 29.7 Å². The van der Waals surface area contributed by atoms with Crippen molar-refractivity contribution in [2.45, 2.75) is 32.6 Å². The summed E-state index contributed by atoms with van der Waals surface area (Å²) in [6.45, 7) is 4.02. The third-order valence-corrected chi connectivity index (χ3v) is 6.67. The molecule has 0 amide bonds. The van der Waals surface area contributed by atoms with Crippen LogP contribution in [0.1, 0.15) is 43.1 Å². The molecule has 8 heteroatoms. The number of nitrogens with zero attached hydrogens (tertiary/aromatic N) is 1. The summed E-state index contributed by atoms with van der Waals surface area (Å²) in [5.41, 5.74) is 8.39. The number of allylic oxidation sites excluding steroid dienone is 3. The first-order valence-electron chi connectivity index (χ1n) is 9.44. The lowest BCUT2D eigenvalue weighted by Gasteiger charge is -2.36. The van der Waals surface area contributed by atoms with Crippen molar-refractivity contribution in [1.82, 2.24) is 4.57 Å². The average Bonchev–Trinajstić information content (AvgIpc) is 3.13. The molecule has 2 aliphatic heterocycles. The molecule has 30 heavy (non-hydrogen) atoms. The number of fused-ring (bicyclic) bond motifs is 4. The summed E-state index contributed by atoms with van der Waals surface area (Å²) in [5.74, 6) is -0.337. The van der Waals surface area contributed by atoms with Gasteiger partial charge in [0.05, 0.1) is 27.2 Å². The van der Waals surface area contributed by atoms with Crippen LogP contribution in [0.25, 0.3) is 11.3 Å². The van der Waals surface area contributed by atoms with Crippen LogP contribution < -0.4 is 5.73 Å². The highest BCUT2D eigenvalue weighted by atomic mass is 35.5. The molecule has 154 valence electrons. The van der Waals surface area contributed by atoms with Crippen molar-refractivity contribution >= 4 is 46.5 Å². The number of halogens is 3. The summed E-state index contributed by atoms with van der Waals surface area (Å²) < 4.78 is 7.32. The molecule has 1 aromatic heterocycles. The minimum absolute atomic E-state index is 0.0252. The van der Waals surface area contributed by atoms with Gasteiger partial charge < -0.3 is 10.5 Å². The fourth-order valence-corrected chi connectivity index (χ4v) is 5.71. The first kappa shape index (κ1) is 19.7. The quantitative estimate of drug-likeness (QED) is 0.589. The standard InChI is InChI=1S/C22H17Cl3N2O3/c1-22(2)7-14(28)18-15(8-22)30-20(26)19-17(18)13-4-3-12(27(13)21(19)29)16-10(24)5-9(23)6-11(16)25/h3-6,17H,7-8,26H2,1-2H3. The largest absolute Gasteiger partial charge is 0.445 e. The van der Waals surface area contributed by atoms with Crippen LogP contribution >= 0.6 is 34.8 Å². The monoisotopic (exact) mass is 462 g/mol. The zero-order valence-electron chi connectivity index (χ0n) is 16.2. The number of ketones is 1. The van der Waals surface area contributed by atoms with E-state index in [1.807, 2.05) is 19.9 Å². The maximum absolute atomic E-state index is 13.4. The molecule has 1 aromatic carbocycles. The van der Waals surface area contributed by atoms with Crippen molar-refractivity contribution in [2.24, 2.45) is 11.1 Å². The van der Waals surface area contributed by atoms with E-state index < -0.39 is 5.92 Å². The Labute approximate surface area is 188 Å². The van der Waals surface area contributed by atoms with Crippen molar-refractivity contribution < 1.29 is 14.3 Å². The lowest BCUT2D eigenvalue weighted by atomic mass is 9.71. The van der Waals surface area contributed by atoms with Gasteiger partial charge in [0.15, 0.2) is 11.7 Å². The molecule has 1 atom stereocenters. The van der Waals surface area contributed by atoms with Crippen LogP contribution in [-0.2, 0) is 9.53 Å². The van der Waals surface area contributed by atoms with E-state index in [-0.39, 0.29) is 28.6 Å². The van der Waals surface area contributed by atoms with Gasteiger partial charge in [-0.3, -0.25) is 14.2 Å². The molecule has 1 aliphatic carbocycles. The van der Waals surface area contributed by atoms with Crippen LogP contribution in [0.15, 0.2) is 47.1 Å². The van der Waals surface area contributed by atoms with E-state index >= 15 is 0 Å². The van der Waals surface area contributed by atoms with Gasteiger partial charge in [-0.15, -0.1) is 0 Å². The fourth-order valence-electron chi connectivity index (χ4n) is 4.70. The van der Waals surface area contributed by atoms with E-state index in [0.717, 1.165) is 0 Å². The Hall–Kier alpha value is -2.21. The van der Waals surface area contributed by atoms with Crippen LogP contribution in [0.5, 0.6) is 0 Å². The predicted molar refractivity (Wildman–Crippen MR) is 116 cm³/mol. The number of aromatic nitrogens is 1. The SMILES string of the molecule is CC1(C)CC(=O)C2=C(C1)OC(N)=C1C(=O)n3c(-c4c(Cl)cc(Cl)cc4Cl)ccc3C12. The van der Waals surface area contributed by atoms with Gasteiger partial charge in [-0.2, -0.15) is 0 Å². The molecule has 0 fully saturated rings. The van der Waals surface area contributed by atoms with E-state index in [0.29, 0.717) is 56.2 Å². The number of ether oxygens (including phenoxy) is 1. The maximum Gasteiger partial charge on any atom is 0.264 e. The molecule has 0 spiro atoms. The van der Waals surface area contributed by atoms with Gasteiger partial charge in [0.1, 0.15) is 5.76 Å². The normalized spacial score (nSPS) is 22.1. The molecule has 5 rings (SSSR count). The van der Waals surface area contributed by atoms with Gasteiger partial charge in [0, 0.05) is 34.7 Å². The Kier molecular flexibility index (Phi) is 4.21. The highest BCUT2D eigenvalue weighted by Crippen LogP contribution is 2.52. The molecular formula is C22H17Cl3N2O3. The van der Waals surface area contributed by atoms with Gasteiger partial charge >= 0.3 is 0 Å². The van der Waals surface area contributed by atoms with Crippen LogP contribution in [0, 0.1) is 5.41 Å². The van der Waals surface area contributed by atoms with E-state index in [1.54, 1.807) is 18.2 Å². The number of benzene rings is 1. The predicted octanol–water partition coefficient (Wildman–Crippen LogP) is 5.70. The van der Waals surface area contributed by atoms with E-state index in [4.69, 9.17) is 45.3 Å². The molecule has 3 aliphatic rings. The average molecular weight is 464 g/mol. The topological polar surface area (TPSA) is 74.3 Å². The summed E-state index contributed by atoms with van der Waals surface area (Å²) >= 11 is 18.8. The number of rotatable bonds is 1. The number of carbonyl (C=O) groups excluding carboxylic acids is 2. The first-order valence-corrected chi connectivity index (χ1v) is 10.6. The second-order valence-corrected chi connectivity index (χ2v) is 9.87. The van der Waals surface area contributed by atoms with Crippen LogP contribution in [0.2, 0.25) is 15.1 Å². The third-order valence-electron chi connectivity index (χ3n) is 5.86. The Bertz CT molecular complexity index is 1210. The van der Waals surface area contributed by atoms with Crippen LogP contribution in [-0.4, -0.2) is 16.3 Å². The second-order valence-electron chi connectivity index (χ2n) is 8.62. The van der Waals surface area contributed by atoms with Crippen molar-refractivity contribution in [1.29, 1.82) is 0 Å². The van der Waals surface area contributed by atoms with E-state index in [1.165, 1.54) is 4.57 Å². The number of hydrogen-bond donors (Lipinski definition) is 1. The number of nitrogens with two attached hydrogens (primary N) is 1. The fraction of sp³-hybridized carbons (Fsp3) is 0.273. The molecule has 3 heterocycles. The summed E-state index contributed by atoms with van der Waals surface area (Å²) in [6.07, 6.45) is 0.963. The van der Waals surface area contributed by atoms with Crippen molar-refractivity contribution in [3.05, 3.63) is 67.8 Å². The van der Waals surface area contributed by atoms with Gasteiger partial charge in [0.25, 0.3) is 5.91 Å². The number of carbonyl (C=O) groups is 2. The highest BCUT2D eigenvalue weighted by molar-refractivity contribution is 6.41. The smallest absolute Gasteiger partial charge is 0.264 e. The Morgan fingerprint density at radius 3 is 2.40 bits per heavy atom. The first-order chi connectivity index (χ1) is 14.1. The minimum atomic E-state index is -0.552. The summed E-state index contributed by atoms with van der Waals surface area (Å²) in [5, 5.41) is 1.04. The van der Waals surface area contributed by atoms with E-state index in [9.17, 15) is 9.59 Å². The summed E-state index contributed by atoms with van der Waals surface area (Å²) in [6, 6.07) is 6.72. The molecule has 0 radical (unpaired) electrons. The number of hydrogen-bond acceptors (Lipinski definition) is 4. The Morgan fingerprint density at radius 2 is 1.73 bits per heavy atom. The molecule has 0 saturated heterocycles. The maximum atomic E-state index is 13.4. The molecule has 1 unspecified atom stereocenters. The van der Waals surface area contributed by atoms with Gasteiger partial charge in [-0.1, -0.05) is 48.7 Å². The van der Waals surface area contributed by atoms with Crippen molar-refractivity contribution in [3.63, 3.8) is 0 Å². The summed E-state index contributed by atoms with van der Waals surface area (Å²) in [7, 11) is 0. The number of Topliss-reactive ketones (excluding diaryl/α,β-unsaturated/α-hetero) is 1. The van der Waals surface area contributed by atoms with Gasteiger partial charge in [0.2, 0.25) is 0 Å². The molecule has 5 nitrogen and oxygen atoms in total. The van der Waals surface area contributed by atoms with Crippen molar-refractivity contribution in [2.75, 3.05) is 0 Å². The molecule has 0 bridgehead atoms. The summed E-state index contributed by atoms with van der Waals surface area (Å²) in [4.78, 5) is 26.4. The zero-order chi connectivity index (χ0) is 21.5. The lowest BCUT2D eigenvalue weighted by Crippen LogP contribution is -2.33. The van der Waals surface area contributed by atoms with E-state index in [2.05, 4.69) is 0 Å². The minimum Gasteiger partial charge on any atom is -0.445 e. The lowest BCUT2D eigenvalue weighted by molar-refractivity contribution is -0.119. The highest BCUT2D eigenvalue weighted by Gasteiger charge is 2.49. The molecule has 2 aromatic rings. The second kappa shape index (κ2) is 6.39. The van der Waals surface area contributed by atoms with Crippen molar-refractivity contribution in [3.8, 4) is 11.3 Å². The van der Waals surface area contributed by atoms with Gasteiger partial charge in [-0.25, -0.2) is 0 Å². The zero-order valence-corrected chi connectivity index (χ0v) is 18.5. The van der Waals surface area contributed by atoms with Crippen LogP contribution in [0.4, 0.5) is 0 Å². The molecular weight excluding hydrogens is 447 g/mol. The molecule has 2 N–H and O–H groups in total. The Morgan fingerprint density at radius 1 is 1.07 bits per heavy atom.